The Kier molecular flexibility index (Phi) is 7.67. The van der Waals surface area contributed by atoms with E-state index in [1.807, 2.05) is 60.7 Å². The number of halogens is 1. The van der Waals surface area contributed by atoms with Gasteiger partial charge < -0.3 is 21.1 Å². The number of carbonyl (C=O) groups excluding carboxylic acids is 3. The minimum Gasteiger partial charge on any atom is -0.403 e. The summed E-state index contributed by atoms with van der Waals surface area (Å²) in [5.41, 5.74) is 7.61. The van der Waals surface area contributed by atoms with Crippen molar-refractivity contribution in [3.05, 3.63) is 107 Å². The number of nitrogens with zero attached hydrogens (tertiary/aromatic N) is 3. The van der Waals surface area contributed by atoms with Gasteiger partial charge in [0.1, 0.15) is 18.1 Å². The molecule has 3 aromatic rings. The topological polar surface area (TPSA) is 138 Å². The first kappa shape index (κ1) is 26.1. The van der Waals surface area contributed by atoms with Crippen molar-refractivity contribution in [1.29, 1.82) is 0 Å². The van der Waals surface area contributed by atoms with Gasteiger partial charge in [0, 0.05) is 17.0 Å². The number of benzene rings is 3. The second kappa shape index (κ2) is 11.5. The van der Waals surface area contributed by atoms with Crippen molar-refractivity contribution < 1.29 is 19.1 Å². The zero-order valence-corrected chi connectivity index (χ0v) is 21.4. The molecule has 2 heterocycles. The average Bonchev–Trinajstić information content (AvgIpc) is 3.40. The Labute approximate surface area is 229 Å². The first-order valence-electron chi connectivity index (χ1n) is 12.3. The molecular formula is C28H25ClN6O4. The molecule has 2 aliphatic rings. The van der Waals surface area contributed by atoms with Crippen LogP contribution in [0, 0.1) is 0 Å². The Balaban J connectivity index is 1.45. The molecule has 10 nitrogen and oxygen atoms in total. The Hall–Kier alpha value is -4.54. The summed E-state index contributed by atoms with van der Waals surface area (Å²) in [6.07, 6.45) is 0.204. The molecule has 3 aromatic carbocycles. The third-order valence-corrected chi connectivity index (χ3v) is 6.50. The van der Waals surface area contributed by atoms with Crippen LogP contribution in [0.5, 0.6) is 0 Å². The highest BCUT2D eigenvalue weighted by Gasteiger charge is 2.45. The lowest BCUT2D eigenvalue weighted by Crippen LogP contribution is -2.58. The Morgan fingerprint density at radius 2 is 1.67 bits per heavy atom. The summed E-state index contributed by atoms with van der Waals surface area (Å²) in [7, 11) is 0. The number of amidine groups is 1. The van der Waals surface area contributed by atoms with Crippen molar-refractivity contribution in [2.75, 3.05) is 6.54 Å². The summed E-state index contributed by atoms with van der Waals surface area (Å²) < 4.78 is 5.84. The van der Waals surface area contributed by atoms with Gasteiger partial charge in [0.25, 0.3) is 5.91 Å². The van der Waals surface area contributed by atoms with Crippen molar-refractivity contribution in [3.63, 3.8) is 0 Å². The van der Waals surface area contributed by atoms with E-state index in [1.54, 1.807) is 24.3 Å². The van der Waals surface area contributed by atoms with Gasteiger partial charge in [-0.05, 0) is 35.4 Å². The SMILES string of the molecule is NCC(=O)N[C@@H](Cc1ccccc1)C(=O)N[C@@H]1C(=O)N2N=C(c3ccc(Cl)cc3)OC2=N[C@@H]1c1ccccc1. The number of nitrogens with one attached hydrogen (secondary N) is 2. The normalized spacial score (nSPS) is 18.8. The van der Waals surface area contributed by atoms with Gasteiger partial charge in [-0.15, -0.1) is 10.1 Å². The van der Waals surface area contributed by atoms with Crippen LogP contribution in [-0.4, -0.2) is 53.3 Å². The molecule has 2 aliphatic heterocycles. The number of hydrogen-bond acceptors (Lipinski definition) is 7. The molecule has 3 atom stereocenters. The molecule has 0 spiro atoms. The van der Waals surface area contributed by atoms with Gasteiger partial charge in [-0.1, -0.05) is 72.3 Å². The van der Waals surface area contributed by atoms with Gasteiger partial charge in [0.05, 0.1) is 6.54 Å². The Bertz CT molecular complexity index is 1430. The van der Waals surface area contributed by atoms with E-state index in [0.29, 0.717) is 16.1 Å². The summed E-state index contributed by atoms with van der Waals surface area (Å²) in [4.78, 5) is 44.1. The van der Waals surface area contributed by atoms with E-state index in [0.717, 1.165) is 10.6 Å². The molecule has 0 aliphatic carbocycles. The maximum absolute atomic E-state index is 13.7. The van der Waals surface area contributed by atoms with Crippen LogP contribution in [0.1, 0.15) is 22.7 Å². The standard InChI is InChI=1S/C28H25ClN6O4/c29-20-13-11-19(12-14-20)26-34-35-27(38)24(23(33-28(35)39-26)18-9-5-2-6-10-18)32-25(37)21(31-22(36)16-30)15-17-7-3-1-4-8-17/h1-14,21,23-24H,15-16,30H2,(H,31,36)(H,32,37)/t21-,23+,24-/m0/s1. The number of aliphatic imine (C=N–C) groups is 1. The summed E-state index contributed by atoms with van der Waals surface area (Å²) in [6, 6.07) is 22.2. The first-order chi connectivity index (χ1) is 18.9. The molecule has 0 bridgehead atoms. The van der Waals surface area contributed by atoms with Crippen LogP contribution in [0.3, 0.4) is 0 Å². The van der Waals surface area contributed by atoms with Gasteiger partial charge >= 0.3 is 6.02 Å². The molecule has 0 aromatic heterocycles. The first-order valence-corrected chi connectivity index (χ1v) is 12.6. The third-order valence-electron chi connectivity index (χ3n) is 6.25. The minimum absolute atomic E-state index is 0.00146. The van der Waals surface area contributed by atoms with E-state index in [-0.39, 0.29) is 24.9 Å². The molecule has 198 valence electrons. The van der Waals surface area contributed by atoms with Gasteiger partial charge in [0.2, 0.25) is 17.7 Å². The van der Waals surface area contributed by atoms with Crippen molar-refractivity contribution in [2.24, 2.45) is 15.8 Å². The lowest BCUT2D eigenvalue weighted by atomic mass is 9.96. The van der Waals surface area contributed by atoms with Crippen molar-refractivity contribution in [3.8, 4) is 0 Å². The maximum Gasteiger partial charge on any atom is 0.323 e. The molecule has 11 heteroatoms. The number of fused-ring (bicyclic) bond motifs is 1. The zero-order chi connectivity index (χ0) is 27.4. The van der Waals surface area contributed by atoms with Crippen molar-refractivity contribution in [1.82, 2.24) is 15.6 Å². The fraction of sp³-hybridized carbons (Fsp3) is 0.179. The molecule has 0 saturated carbocycles. The van der Waals surface area contributed by atoms with E-state index < -0.39 is 35.8 Å². The van der Waals surface area contributed by atoms with Crippen LogP contribution in [0.15, 0.2) is 95.0 Å². The number of carbonyl (C=O) groups is 3. The molecule has 0 radical (unpaired) electrons. The lowest BCUT2D eigenvalue weighted by molar-refractivity contribution is -0.136. The predicted molar refractivity (Wildman–Crippen MR) is 146 cm³/mol. The molecule has 5 rings (SSSR count). The molecule has 0 saturated heterocycles. The summed E-state index contributed by atoms with van der Waals surface area (Å²) in [5, 5.41) is 11.4. The number of nitrogens with two attached hydrogens (primary N) is 1. The quantitative estimate of drug-likeness (QED) is 0.399. The second-order valence-electron chi connectivity index (χ2n) is 8.93. The third kappa shape index (κ3) is 5.82. The van der Waals surface area contributed by atoms with E-state index in [2.05, 4.69) is 20.7 Å². The fourth-order valence-electron chi connectivity index (χ4n) is 4.30. The van der Waals surface area contributed by atoms with Gasteiger partial charge in [-0.2, -0.15) is 0 Å². The maximum atomic E-state index is 13.7. The van der Waals surface area contributed by atoms with E-state index in [4.69, 9.17) is 22.1 Å². The van der Waals surface area contributed by atoms with Crippen LogP contribution in [0.25, 0.3) is 0 Å². The molecule has 0 unspecified atom stereocenters. The average molecular weight is 545 g/mol. The van der Waals surface area contributed by atoms with Crippen molar-refractivity contribution >= 4 is 41.2 Å². The molecule has 4 N–H and O–H groups in total. The number of rotatable bonds is 8. The fourth-order valence-corrected chi connectivity index (χ4v) is 4.43. The number of ether oxygens (including phenoxy) is 1. The van der Waals surface area contributed by atoms with Gasteiger partial charge in [-0.3, -0.25) is 14.4 Å². The smallest absolute Gasteiger partial charge is 0.323 e. The van der Waals surface area contributed by atoms with E-state index in [1.165, 1.54) is 0 Å². The Morgan fingerprint density at radius 3 is 2.33 bits per heavy atom. The van der Waals surface area contributed by atoms with Gasteiger partial charge in [-0.25, -0.2) is 4.99 Å². The molecule has 0 fully saturated rings. The van der Waals surface area contributed by atoms with E-state index in [9.17, 15) is 14.4 Å². The number of hydrogen-bond donors (Lipinski definition) is 3. The highest BCUT2D eigenvalue weighted by Crippen LogP contribution is 2.30. The Morgan fingerprint density at radius 1 is 1.00 bits per heavy atom. The highest BCUT2D eigenvalue weighted by atomic mass is 35.5. The van der Waals surface area contributed by atoms with Crippen LogP contribution < -0.4 is 16.4 Å². The lowest BCUT2D eigenvalue weighted by Gasteiger charge is -2.31. The summed E-state index contributed by atoms with van der Waals surface area (Å²) in [5.74, 6) is -1.41. The second-order valence-corrected chi connectivity index (χ2v) is 9.37. The van der Waals surface area contributed by atoms with Crippen molar-refractivity contribution in [2.45, 2.75) is 24.5 Å². The van der Waals surface area contributed by atoms with Crippen LogP contribution >= 0.6 is 11.6 Å². The predicted octanol–water partition coefficient (Wildman–Crippen LogP) is 2.14. The summed E-state index contributed by atoms with van der Waals surface area (Å²) in [6.45, 7) is -0.283. The highest BCUT2D eigenvalue weighted by molar-refractivity contribution is 6.30. The van der Waals surface area contributed by atoms with Crippen LogP contribution in [-0.2, 0) is 25.5 Å². The zero-order valence-electron chi connectivity index (χ0n) is 20.7. The monoisotopic (exact) mass is 544 g/mol. The largest absolute Gasteiger partial charge is 0.403 e. The molecule has 3 amide bonds. The van der Waals surface area contributed by atoms with Gasteiger partial charge in [0.15, 0.2) is 0 Å². The van der Waals surface area contributed by atoms with E-state index >= 15 is 0 Å². The summed E-state index contributed by atoms with van der Waals surface area (Å²) >= 11 is 5.99. The molecule has 39 heavy (non-hydrogen) atoms. The number of amides is 3. The van der Waals surface area contributed by atoms with Crippen LogP contribution in [0.4, 0.5) is 0 Å². The number of hydrazone groups is 1. The molecular weight excluding hydrogens is 520 g/mol. The minimum atomic E-state index is -1.12. The van der Waals surface area contributed by atoms with Crippen LogP contribution in [0.2, 0.25) is 5.02 Å².